The highest BCUT2D eigenvalue weighted by atomic mass is 32.2. The van der Waals surface area contributed by atoms with Gasteiger partial charge in [0.1, 0.15) is 16.5 Å². The normalized spacial score (nSPS) is 10.9. The van der Waals surface area contributed by atoms with Crippen LogP contribution in [0.15, 0.2) is 82.0 Å². The van der Waals surface area contributed by atoms with Crippen LogP contribution in [0.5, 0.6) is 5.75 Å². The number of thiazole rings is 1. The fourth-order valence-corrected chi connectivity index (χ4v) is 5.07. The van der Waals surface area contributed by atoms with Gasteiger partial charge in [0, 0.05) is 11.6 Å². The van der Waals surface area contributed by atoms with E-state index in [4.69, 9.17) is 9.15 Å². The molecule has 9 nitrogen and oxygen atoms in total. The third kappa shape index (κ3) is 5.10. The number of para-hydroxylation sites is 2. The number of aromatic nitrogens is 5. The van der Waals surface area contributed by atoms with Gasteiger partial charge >= 0.3 is 0 Å². The largest absolute Gasteiger partial charge is 0.495 e. The highest BCUT2D eigenvalue weighted by molar-refractivity contribution is 7.98. The summed E-state index contributed by atoms with van der Waals surface area (Å²) in [6, 6.07) is 16.9. The first-order chi connectivity index (χ1) is 17.2. The van der Waals surface area contributed by atoms with Crippen LogP contribution >= 0.6 is 23.1 Å². The molecule has 1 amide bonds. The van der Waals surface area contributed by atoms with Crippen molar-refractivity contribution in [3.63, 3.8) is 0 Å². The van der Waals surface area contributed by atoms with Crippen molar-refractivity contribution in [3.8, 4) is 23.0 Å². The van der Waals surface area contributed by atoms with E-state index in [1.54, 1.807) is 31.0 Å². The zero-order valence-electron chi connectivity index (χ0n) is 18.6. The Hall–Kier alpha value is -3.96. The third-order valence-electron chi connectivity index (χ3n) is 4.97. The summed E-state index contributed by atoms with van der Waals surface area (Å²) in [6.45, 7) is 0.346. The number of hydrogen-bond acceptors (Lipinski definition) is 9. The maximum Gasteiger partial charge on any atom is 0.271 e. The number of nitrogens with one attached hydrogen (secondary N) is 1. The second-order valence-electron chi connectivity index (χ2n) is 7.21. The summed E-state index contributed by atoms with van der Waals surface area (Å²) in [7, 11) is 1.62. The van der Waals surface area contributed by atoms with Gasteiger partial charge in [-0.3, -0.25) is 14.3 Å². The molecule has 5 rings (SSSR count). The topological polar surface area (TPSA) is 108 Å². The Morgan fingerprint density at radius 1 is 1.14 bits per heavy atom. The Kier molecular flexibility index (Phi) is 6.87. The van der Waals surface area contributed by atoms with E-state index in [1.165, 1.54) is 23.1 Å². The molecule has 11 heteroatoms. The first-order valence-electron chi connectivity index (χ1n) is 10.6. The number of rotatable bonds is 9. The number of amides is 1. The van der Waals surface area contributed by atoms with Gasteiger partial charge in [0.15, 0.2) is 10.9 Å². The first kappa shape index (κ1) is 22.8. The Labute approximate surface area is 209 Å². The van der Waals surface area contributed by atoms with E-state index in [-0.39, 0.29) is 5.91 Å². The number of nitrogens with zero attached hydrogens (tertiary/aromatic N) is 5. The minimum atomic E-state index is -0.236. The summed E-state index contributed by atoms with van der Waals surface area (Å²) in [5, 5.41) is 14.8. The Balaban J connectivity index is 1.33. The smallest absolute Gasteiger partial charge is 0.271 e. The quantitative estimate of drug-likeness (QED) is 0.290. The molecule has 0 bridgehead atoms. The standard InChI is InChI=1S/C24H20N6O3S2/c1-32-19-9-3-2-8-18(19)30-22(20-10-6-12-33-20)28-29-24(30)35-15-21-27-17(14-34-21)23(31)26-13-16-7-4-5-11-25-16/h2-12,14H,13,15H2,1H3,(H,26,31). The van der Waals surface area contributed by atoms with Crippen molar-refractivity contribution < 1.29 is 13.9 Å². The summed E-state index contributed by atoms with van der Waals surface area (Å²) < 4.78 is 13.1. The molecule has 0 spiro atoms. The van der Waals surface area contributed by atoms with Crippen LogP contribution in [-0.4, -0.2) is 37.7 Å². The molecule has 0 aliphatic rings. The minimum absolute atomic E-state index is 0.236. The van der Waals surface area contributed by atoms with Gasteiger partial charge in [-0.15, -0.1) is 21.5 Å². The molecule has 0 fully saturated rings. The molecular formula is C24H20N6O3S2. The number of methoxy groups -OCH3 is 1. The molecule has 35 heavy (non-hydrogen) atoms. The van der Waals surface area contributed by atoms with E-state index in [0.29, 0.717) is 40.5 Å². The monoisotopic (exact) mass is 504 g/mol. The van der Waals surface area contributed by atoms with Crippen LogP contribution in [-0.2, 0) is 12.3 Å². The van der Waals surface area contributed by atoms with Crippen molar-refractivity contribution in [1.82, 2.24) is 30.0 Å². The lowest BCUT2D eigenvalue weighted by atomic mass is 10.3. The number of pyridine rings is 1. The molecule has 0 saturated heterocycles. The zero-order valence-corrected chi connectivity index (χ0v) is 20.3. The number of carbonyl (C=O) groups excluding carboxylic acids is 1. The summed E-state index contributed by atoms with van der Waals surface area (Å²) in [6.07, 6.45) is 3.29. The molecule has 4 heterocycles. The second kappa shape index (κ2) is 10.5. The molecule has 1 aromatic carbocycles. The van der Waals surface area contributed by atoms with Gasteiger partial charge in [0.25, 0.3) is 5.91 Å². The van der Waals surface area contributed by atoms with Gasteiger partial charge < -0.3 is 14.5 Å². The van der Waals surface area contributed by atoms with Crippen LogP contribution in [0.3, 0.4) is 0 Å². The van der Waals surface area contributed by atoms with Gasteiger partial charge in [0.2, 0.25) is 5.82 Å². The van der Waals surface area contributed by atoms with Crippen molar-refractivity contribution in [2.75, 3.05) is 7.11 Å². The summed E-state index contributed by atoms with van der Waals surface area (Å²) in [5.41, 5.74) is 1.96. The van der Waals surface area contributed by atoms with E-state index < -0.39 is 0 Å². The molecule has 4 aromatic heterocycles. The van der Waals surface area contributed by atoms with Crippen LogP contribution in [0.1, 0.15) is 21.2 Å². The Bertz CT molecular complexity index is 1420. The van der Waals surface area contributed by atoms with E-state index in [1.807, 2.05) is 53.1 Å². The SMILES string of the molecule is COc1ccccc1-n1c(SCc2nc(C(=O)NCc3ccccn3)cs2)nnc1-c1ccco1. The molecule has 0 unspecified atom stereocenters. The molecule has 5 aromatic rings. The van der Waals surface area contributed by atoms with Gasteiger partial charge in [-0.1, -0.05) is 30.0 Å². The van der Waals surface area contributed by atoms with Crippen molar-refractivity contribution >= 4 is 29.0 Å². The highest BCUT2D eigenvalue weighted by Crippen LogP contribution is 2.34. The van der Waals surface area contributed by atoms with E-state index >= 15 is 0 Å². The molecule has 0 aliphatic heterocycles. The zero-order chi connectivity index (χ0) is 24.0. The fraction of sp³-hybridized carbons (Fsp3) is 0.125. The van der Waals surface area contributed by atoms with Crippen LogP contribution in [0.2, 0.25) is 0 Å². The number of hydrogen-bond donors (Lipinski definition) is 1. The Morgan fingerprint density at radius 2 is 2.03 bits per heavy atom. The second-order valence-corrected chi connectivity index (χ2v) is 9.09. The van der Waals surface area contributed by atoms with Crippen molar-refractivity contribution in [2.24, 2.45) is 0 Å². The number of ether oxygens (including phenoxy) is 1. The van der Waals surface area contributed by atoms with Gasteiger partial charge in [0.05, 0.1) is 37.1 Å². The predicted octanol–water partition coefficient (Wildman–Crippen LogP) is 4.61. The Morgan fingerprint density at radius 3 is 2.83 bits per heavy atom. The van der Waals surface area contributed by atoms with E-state index in [0.717, 1.165) is 16.4 Å². The molecule has 0 atom stereocenters. The molecule has 1 N–H and O–H groups in total. The van der Waals surface area contributed by atoms with Crippen LogP contribution in [0.4, 0.5) is 0 Å². The van der Waals surface area contributed by atoms with Crippen LogP contribution in [0.25, 0.3) is 17.3 Å². The lowest BCUT2D eigenvalue weighted by Crippen LogP contribution is -2.23. The molecule has 0 radical (unpaired) electrons. The van der Waals surface area contributed by atoms with Gasteiger partial charge in [-0.2, -0.15) is 0 Å². The molecule has 0 saturated carbocycles. The van der Waals surface area contributed by atoms with Crippen LogP contribution < -0.4 is 10.1 Å². The average molecular weight is 505 g/mol. The average Bonchev–Trinajstić information content (AvgIpc) is 3.67. The maximum atomic E-state index is 12.5. The molecule has 0 aliphatic carbocycles. The summed E-state index contributed by atoms with van der Waals surface area (Å²) in [4.78, 5) is 21.2. The molecule has 176 valence electrons. The van der Waals surface area contributed by atoms with E-state index in [2.05, 4.69) is 25.5 Å². The summed E-state index contributed by atoms with van der Waals surface area (Å²) in [5.74, 6) is 2.12. The van der Waals surface area contributed by atoms with Gasteiger partial charge in [-0.05, 0) is 36.4 Å². The minimum Gasteiger partial charge on any atom is -0.495 e. The third-order valence-corrected chi connectivity index (χ3v) is 6.94. The van der Waals surface area contributed by atoms with Crippen molar-refractivity contribution in [2.45, 2.75) is 17.5 Å². The van der Waals surface area contributed by atoms with Crippen molar-refractivity contribution in [1.29, 1.82) is 0 Å². The fourth-order valence-electron chi connectivity index (χ4n) is 3.33. The lowest BCUT2D eigenvalue weighted by molar-refractivity contribution is 0.0946. The molecular weight excluding hydrogens is 484 g/mol. The summed E-state index contributed by atoms with van der Waals surface area (Å²) >= 11 is 2.89. The van der Waals surface area contributed by atoms with E-state index in [9.17, 15) is 4.79 Å². The number of furan rings is 1. The van der Waals surface area contributed by atoms with Crippen molar-refractivity contribution in [3.05, 3.63) is 88.8 Å². The highest BCUT2D eigenvalue weighted by Gasteiger charge is 2.21. The number of thioether (sulfide) groups is 1. The first-order valence-corrected chi connectivity index (χ1v) is 12.5. The van der Waals surface area contributed by atoms with Gasteiger partial charge in [-0.25, -0.2) is 4.98 Å². The maximum absolute atomic E-state index is 12.5. The number of benzene rings is 1. The predicted molar refractivity (Wildman–Crippen MR) is 133 cm³/mol. The lowest BCUT2D eigenvalue weighted by Gasteiger charge is -2.12. The van der Waals surface area contributed by atoms with Crippen LogP contribution in [0, 0.1) is 0 Å². The number of carbonyl (C=O) groups is 1.